The summed E-state index contributed by atoms with van der Waals surface area (Å²) in [6.45, 7) is 52.8. The van der Waals surface area contributed by atoms with Crippen molar-refractivity contribution in [2.45, 2.75) is 362 Å². The normalized spacial score (nSPS) is 25.1. The summed E-state index contributed by atoms with van der Waals surface area (Å²) in [5.74, 6) is -9.02. The highest BCUT2D eigenvalue weighted by atomic mass is 79.9. The number of nitrogens with two attached hydrogens (primary N) is 2. The SMILES string of the molecule is CC(=O)CC(=O)CBr.CC(=O)C[C@H](O)CBr.CC(C)(C)OC(=O)C[C@H]1CC(CCN)OC(C)(C)O1.[2H]C([2H])(Br)C(=O)C([2H])([2H])C(C)=O.[2H]C([2H])(Br)[C@@H](O)C([2H])([2H])C(C)=O.[2H]C([2H])(C(=O)OC(C)(C)C)[C@@]1([2H])CC(C[N+]#[C-])OC(C)(C)O1.[2H]C([2H])(N)CC1C[C@H](CC(=O)OC(C)(C)C)OC(C)(C)O1.[2H]OC.[C-]#[N+]CC1C[C@H](CC(=O)OC(C)(C)C)OC(C)(C)O1. The molecule has 7 N–H and O–H groups in total. The smallest absolute Gasteiger partial charge is 0.308 e. The summed E-state index contributed by atoms with van der Waals surface area (Å²) >= 11 is 10.8. The Morgan fingerprint density at radius 3 is 1.10 bits per heavy atom. The monoisotopic (exact) mass is 1850 g/mol. The summed E-state index contributed by atoms with van der Waals surface area (Å²) in [5.41, 5.74) is 8.60. The lowest BCUT2D eigenvalue weighted by Gasteiger charge is -2.40. The second-order valence-corrected chi connectivity index (χ2v) is 32.5. The van der Waals surface area contributed by atoms with Crippen molar-refractivity contribution in [3.8, 4) is 0 Å². The highest BCUT2D eigenvalue weighted by Crippen LogP contribution is 2.34. The van der Waals surface area contributed by atoms with E-state index in [0.29, 0.717) is 31.1 Å². The molecule has 4 saturated heterocycles. The Bertz CT molecular complexity index is 3430. The maximum Gasteiger partial charge on any atom is 0.308 e. The van der Waals surface area contributed by atoms with Gasteiger partial charge in [-0.2, -0.15) is 0 Å². The number of halogens is 4. The van der Waals surface area contributed by atoms with Crippen molar-refractivity contribution in [2.75, 3.05) is 54.5 Å². The highest BCUT2D eigenvalue weighted by molar-refractivity contribution is 9.10. The molecular formula is C77H136Br4N4O25. The van der Waals surface area contributed by atoms with Gasteiger partial charge in [-0.3, -0.25) is 47.9 Å². The second-order valence-electron chi connectivity index (χ2n) is 30.5. The van der Waals surface area contributed by atoms with Gasteiger partial charge in [-0.1, -0.05) is 63.7 Å². The Labute approximate surface area is 709 Å². The van der Waals surface area contributed by atoms with E-state index >= 15 is 0 Å². The van der Waals surface area contributed by atoms with Crippen molar-refractivity contribution in [2.24, 2.45) is 11.5 Å². The molecule has 0 amide bonds. The van der Waals surface area contributed by atoms with Crippen LogP contribution in [0.5, 0.6) is 0 Å². The summed E-state index contributed by atoms with van der Waals surface area (Å²) in [4.78, 5) is 117. The molecule has 0 radical (unpaired) electrons. The van der Waals surface area contributed by atoms with E-state index in [4.69, 9.17) is 111 Å². The number of alkyl halides is 4. The molecule has 110 heavy (non-hydrogen) atoms. The number of hydrogen-bond donors (Lipinski definition) is 5. The van der Waals surface area contributed by atoms with E-state index in [1.807, 2.05) is 76.2 Å². The molecule has 33 heteroatoms. The van der Waals surface area contributed by atoms with Crippen LogP contribution in [0.2, 0.25) is 0 Å². The summed E-state index contributed by atoms with van der Waals surface area (Å²) in [7, 11) is 1.29. The van der Waals surface area contributed by atoms with Crippen LogP contribution in [0.15, 0.2) is 0 Å². The molecule has 4 aliphatic heterocycles. The van der Waals surface area contributed by atoms with Crippen LogP contribution < -0.4 is 11.5 Å². The number of esters is 4. The zero-order valence-corrected chi connectivity index (χ0v) is 75.2. The molecule has 642 valence electrons. The molecular weight excluding hydrogens is 1700 g/mol. The Balaban J connectivity index is -0.000000442. The van der Waals surface area contributed by atoms with Crippen molar-refractivity contribution in [1.29, 1.82) is 1.43 Å². The average Bonchev–Trinajstić information content (AvgIpc) is 0.748. The first-order chi connectivity index (χ1) is 55.1. The van der Waals surface area contributed by atoms with Gasteiger partial charge < -0.3 is 93.3 Å². The van der Waals surface area contributed by atoms with Gasteiger partial charge in [0.2, 0.25) is 14.5 Å². The van der Waals surface area contributed by atoms with Crippen LogP contribution in [0.3, 0.4) is 0 Å². The van der Waals surface area contributed by atoms with Crippen LogP contribution in [0.1, 0.15) is 274 Å². The van der Waals surface area contributed by atoms with Gasteiger partial charge in [0.1, 0.15) is 57.7 Å². The maximum atomic E-state index is 12.2. The highest BCUT2D eigenvalue weighted by Gasteiger charge is 2.42. The molecule has 0 bridgehead atoms. The molecule has 4 rings (SSSR count). The fourth-order valence-corrected chi connectivity index (χ4v) is 10.0. The summed E-state index contributed by atoms with van der Waals surface area (Å²) in [5, 5.41) is 17.3. The fraction of sp³-hybridized carbons (Fsp3) is 0.844. The number of carbonyl (C=O) groups excluding carboxylic acids is 10. The van der Waals surface area contributed by atoms with Gasteiger partial charge in [-0.05, 0) is 192 Å². The molecule has 10 atom stereocenters. The fourth-order valence-electron chi connectivity index (χ4n) is 9.40. The molecule has 4 fully saturated rings. The summed E-state index contributed by atoms with van der Waals surface area (Å²) in [6.07, 6.45) is -11.6. The van der Waals surface area contributed by atoms with Gasteiger partial charge in [0, 0.05) is 72.6 Å². The zero-order valence-electron chi connectivity index (χ0n) is 82.9. The molecule has 0 saturated carbocycles. The van der Waals surface area contributed by atoms with Crippen LogP contribution in [-0.4, -0.2) is 236 Å². The van der Waals surface area contributed by atoms with Crippen molar-refractivity contribution in [3.63, 3.8) is 0 Å². The number of carbonyl (C=O) groups is 10. The Kier molecular flexibility index (Phi) is 46.9. The quantitative estimate of drug-likeness (QED) is 0.0176. The number of aliphatic hydroxyl groups excluding tert-OH is 3. The van der Waals surface area contributed by atoms with E-state index < -0.39 is 129 Å². The number of ether oxygens (including phenoxy) is 12. The molecule has 0 aromatic heterocycles. The lowest BCUT2D eigenvalue weighted by Crippen LogP contribution is -2.46. The molecule has 0 aliphatic carbocycles. The van der Waals surface area contributed by atoms with E-state index in [2.05, 4.69) is 78.5 Å². The molecule has 4 unspecified atom stereocenters. The van der Waals surface area contributed by atoms with Gasteiger partial charge in [0.15, 0.2) is 34.7 Å². The third-order valence-electron chi connectivity index (χ3n) is 12.1. The molecule has 4 aliphatic rings. The Morgan fingerprint density at radius 1 is 0.509 bits per heavy atom. The zero-order chi connectivity index (χ0) is 99.4. The first-order valence-electron chi connectivity index (χ1n) is 42.0. The standard InChI is InChI=1S/2C14H23NO4.2C14H27NO4.2C5H9BrO2.2C5H7BrO2.CH4O/c2*1-13(2,3)19-12(16)8-10-7-11(9-15-6)18-14(4,5)17-10;2*1-13(2,3)19-12(16)9-11-8-10(6-7-15)17-14(4,5)18-11;4*1-4(7)2-5(8)3-6;1-2/h2*10-11H,7-9H2,1-5H3;2*10-11H,6-9,15H2,1-5H3;2*5,8H,2-3H2,1H3;2*2-3H2,1H3;2H,1H3/t2*10-,11?;2*10?,11-;2*5-;;;/m111100.../s1/i8D2,10D;;7D2;;2D2,3D2;;2D2,3D2;;2D. The minimum atomic E-state index is -2.76. The molecule has 29 nitrogen and oxygen atoms in total. The minimum absolute atomic E-state index is 0.0250. The lowest BCUT2D eigenvalue weighted by atomic mass is 10.0. The maximum absolute atomic E-state index is 12.2. The third kappa shape index (κ3) is 72.0. The molecule has 0 aromatic rings. The topological polar surface area (TPSA) is 403 Å². The molecule has 4 heterocycles. The number of aliphatic hydroxyl groups is 3. The summed E-state index contributed by atoms with van der Waals surface area (Å²) in [6, 6.07) is 0. The summed E-state index contributed by atoms with van der Waals surface area (Å²) < 4.78 is 167. The van der Waals surface area contributed by atoms with Crippen LogP contribution in [-0.2, 0) is 105 Å². The largest absolute Gasteiger partial charge is 0.460 e. The van der Waals surface area contributed by atoms with E-state index in [1.54, 1.807) is 48.5 Å². The van der Waals surface area contributed by atoms with Gasteiger partial charge in [-0.15, -0.1) is 0 Å². The van der Waals surface area contributed by atoms with E-state index in [1.165, 1.54) is 34.8 Å². The third-order valence-corrected chi connectivity index (χ3v) is 14.3. The first kappa shape index (κ1) is 88.6. The van der Waals surface area contributed by atoms with Gasteiger partial charge in [0.05, 0.1) is 99.2 Å². The van der Waals surface area contributed by atoms with Crippen LogP contribution in [0.25, 0.3) is 9.69 Å². The predicted molar refractivity (Wildman–Crippen MR) is 432 cm³/mol. The number of nitrogens with zero attached hydrogens (tertiary/aromatic N) is 2. The Hall–Kier alpha value is -3.72. The first-order valence-corrected chi connectivity index (χ1v) is 38.9. The van der Waals surface area contributed by atoms with Gasteiger partial charge in [0.25, 0.3) is 0 Å². The van der Waals surface area contributed by atoms with Crippen molar-refractivity contribution >= 4 is 122 Å². The average molecular weight is 1850 g/mol. The lowest BCUT2D eigenvalue weighted by molar-refractivity contribution is -0.301. The predicted octanol–water partition coefficient (Wildman–Crippen LogP) is 12.0. The Morgan fingerprint density at radius 2 is 0.845 bits per heavy atom. The second kappa shape index (κ2) is 58.2. The van der Waals surface area contributed by atoms with E-state index in [-0.39, 0.29) is 135 Å². The number of ketones is 6. The van der Waals surface area contributed by atoms with Crippen molar-refractivity contribution in [1.82, 2.24) is 0 Å². The number of rotatable bonds is 26. The van der Waals surface area contributed by atoms with E-state index in [9.17, 15) is 47.9 Å². The molecule has 0 spiro atoms. The van der Waals surface area contributed by atoms with Crippen LogP contribution in [0, 0.1) is 13.1 Å². The van der Waals surface area contributed by atoms with Gasteiger partial charge >= 0.3 is 23.9 Å². The van der Waals surface area contributed by atoms with Gasteiger partial charge in [-0.25, -0.2) is 13.1 Å². The molecule has 0 aromatic carbocycles. The van der Waals surface area contributed by atoms with Crippen molar-refractivity contribution in [3.05, 3.63) is 22.8 Å². The van der Waals surface area contributed by atoms with Crippen molar-refractivity contribution < 1.29 is 138 Å². The number of Topliss-reactive ketones (excluding diaryl/α,β-unsaturated/α-hetero) is 6. The number of hydrogen-bond acceptors (Lipinski definition) is 27. The van der Waals surface area contributed by atoms with Crippen LogP contribution >= 0.6 is 63.7 Å². The van der Waals surface area contributed by atoms with Crippen LogP contribution in [0.4, 0.5) is 0 Å². The van der Waals surface area contributed by atoms with E-state index in [0.717, 1.165) is 20.3 Å². The minimum Gasteiger partial charge on any atom is -0.460 e.